The molecule has 6 heteroatoms. The molecule has 74 valence electrons. The van der Waals surface area contributed by atoms with Crippen LogP contribution >= 0.6 is 11.6 Å². The fourth-order valence-electron chi connectivity index (χ4n) is 1.14. The molecular weight excluding hydrogens is 214 g/mol. The summed E-state index contributed by atoms with van der Waals surface area (Å²) in [7, 11) is 0. The van der Waals surface area contributed by atoms with Crippen LogP contribution in [-0.4, -0.2) is 20.0 Å². The molecule has 2 heterocycles. The van der Waals surface area contributed by atoms with Crippen LogP contribution < -0.4 is 0 Å². The van der Waals surface area contributed by atoms with E-state index in [-0.39, 0.29) is 0 Å². The van der Waals surface area contributed by atoms with Gasteiger partial charge >= 0.3 is 0 Å². The number of pyridine rings is 1. The largest absolute Gasteiger partial charge is 0.243 e. The van der Waals surface area contributed by atoms with Gasteiger partial charge in [-0.3, -0.25) is 0 Å². The minimum Gasteiger partial charge on any atom is -0.243 e. The van der Waals surface area contributed by atoms with Crippen LogP contribution in [0.4, 0.5) is 0 Å². The zero-order valence-corrected chi connectivity index (χ0v) is 8.39. The smallest absolute Gasteiger partial charge is 0.140 e. The summed E-state index contributed by atoms with van der Waals surface area (Å²) < 4.78 is 1.58. The lowest BCUT2D eigenvalue weighted by molar-refractivity contribution is 0.777. The molecule has 0 atom stereocenters. The van der Waals surface area contributed by atoms with Gasteiger partial charge in [0.15, 0.2) is 0 Å². The van der Waals surface area contributed by atoms with E-state index in [0.29, 0.717) is 11.6 Å². The van der Waals surface area contributed by atoms with Crippen LogP contribution in [0.25, 0.3) is 5.69 Å². The Morgan fingerprint density at radius 3 is 2.87 bits per heavy atom. The third-order valence-electron chi connectivity index (χ3n) is 1.86. The maximum atomic E-state index is 8.59. The average Bonchev–Trinajstić information content (AvgIpc) is 2.77. The van der Waals surface area contributed by atoms with Gasteiger partial charge in [0.1, 0.15) is 11.8 Å². The van der Waals surface area contributed by atoms with Crippen LogP contribution in [0.5, 0.6) is 0 Å². The molecule has 2 aromatic heterocycles. The minimum atomic E-state index is 0.326. The maximum Gasteiger partial charge on any atom is 0.140 e. The summed E-state index contributed by atoms with van der Waals surface area (Å²) in [6, 6.07) is 5.31. The zero-order chi connectivity index (χ0) is 10.7. The summed E-state index contributed by atoms with van der Waals surface area (Å²) in [5.41, 5.74) is 1.89. The maximum absolute atomic E-state index is 8.59. The molecule has 0 amide bonds. The molecule has 15 heavy (non-hydrogen) atoms. The first kappa shape index (κ1) is 9.62. The Hall–Kier alpha value is -1.93. The normalized spacial score (nSPS) is 9.87. The van der Waals surface area contributed by atoms with Crippen molar-refractivity contribution < 1.29 is 0 Å². The second-order valence-electron chi connectivity index (χ2n) is 2.78. The molecule has 0 unspecified atom stereocenters. The predicted octanol–water partition coefficient (Wildman–Crippen LogP) is 1.27. The quantitative estimate of drug-likeness (QED) is 0.714. The van der Waals surface area contributed by atoms with Gasteiger partial charge in [0, 0.05) is 0 Å². The number of alkyl halides is 1. The Morgan fingerprint density at radius 2 is 2.27 bits per heavy atom. The van der Waals surface area contributed by atoms with Crippen LogP contribution in [0.2, 0.25) is 0 Å². The first-order chi connectivity index (χ1) is 7.35. The van der Waals surface area contributed by atoms with Gasteiger partial charge in [-0.15, -0.1) is 16.7 Å². The molecule has 0 bridgehead atoms. The molecule has 0 fully saturated rings. The standard InChI is InChI=1S/C9H6ClN5/c10-3-9-6-13-14-15(9)8-2-1-7(4-11)12-5-8/h1-2,5-6H,3H2. The van der Waals surface area contributed by atoms with Crippen LogP contribution in [0, 0.1) is 11.3 Å². The molecule has 0 saturated carbocycles. The first-order valence-electron chi connectivity index (χ1n) is 4.17. The Kier molecular flexibility index (Phi) is 2.61. The fraction of sp³-hybridized carbons (Fsp3) is 0.111. The Bertz CT molecular complexity index is 496. The third-order valence-corrected chi connectivity index (χ3v) is 2.14. The van der Waals surface area contributed by atoms with Crippen molar-refractivity contribution in [2.45, 2.75) is 5.88 Å². The molecule has 0 aliphatic carbocycles. The van der Waals surface area contributed by atoms with Crippen LogP contribution in [-0.2, 0) is 5.88 Å². The Labute approximate surface area is 90.9 Å². The Balaban J connectivity index is 2.42. The van der Waals surface area contributed by atoms with E-state index in [2.05, 4.69) is 15.3 Å². The molecule has 2 aromatic rings. The van der Waals surface area contributed by atoms with Crippen molar-refractivity contribution in [2.24, 2.45) is 0 Å². The molecular formula is C9H6ClN5. The number of hydrogen-bond acceptors (Lipinski definition) is 4. The summed E-state index contributed by atoms with van der Waals surface area (Å²) in [4.78, 5) is 3.94. The first-order valence-corrected chi connectivity index (χ1v) is 4.70. The molecule has 2 rings (SSSR count). The van der Waals surface area contributed by atoms with Crippen molar-refractivity contribution >= 4 is 11.6 Å². The van der Waals surface area contributed by atoms with Crippen LogP contribution in [0.3, 0.4) is 0 Å². The zero-order valence-electron chi connectivity index (χ0n) is 7.63. The summed E-state index contributed by atoms with van der Waals surface area (Å²) in [6.45, 7) is 0. The molecule has 0 spiro atoms. The number of nitriles is 1. The minimum absolute atomic E-state index is 0.326. The topological polar surface area (TPSA) is 67.4 Å². The van der Waals surface area contributed by atoms with E-state index in [1.165, 1.54) is 0 Å². The summed E-state index contributed by atoms with van der Waals surface area (Å²) in [5.74, 6) is 0.326. The molecule has 0 radical (unpaired) electrons. The average molecular weight is 220 g/mol. The van der Waals surface area contributed by atoms with E-state index in [1.54, 1.807) is 29.2 Å². The van der Waals surface area contributed by atoms with Crippen molar-refractivity contribution in [2.75, 3.05) is 0 Å². The number of halogens is 1. The van der Waals surface area contributed by atoms with Crippen molar-refractivity contribution in [3.8, 4) is 11.8 Å². The second kappa shape index (κ2) is 4.07. The van der Waals surface area contributed by atoms with Gasteiger partial charge in [0.05, 0.1) is 29.7 Å². The number of rotatable bonds is 2. The van der Waals surface area contributed by atoms with Gasteiger partial charge in [0.2, 0.25) is 0 Å². The molecule has 5 nitrogen and oxygen atoms in total. The van der Waals surface area contributed by atoms with Gasteiger partial charge in [-0.25, -0.2) is 9.67 Å². The van der Waals surface area contributed by atoms with Crippen molar-refractivity contribution in [1.29, 1.82) is 5.26 Å². The van der Waals surface area contributed by atoms with E-state index in [9.17, 15) is 0 Å². The summed E-state index contributed by atoms with van der Waals surface area (Å²) in [5, 5.41) is 16.2. The SMILES string of the molecule is N#Cc1ccc(-n2nncc2CCl)cn1. The lowest BCUT2D eigenvalue weighted by Gasteiger charge is -2.02. The van der Waals surface area contributed by atoms with E-state index in [1.807, 2.05) is 6.07 Å². The van der Waals surface area contributed by atoms with Gasteiger partial charge in [-0.2, -0.15) is 5.26 Å². The van der Waals surface area contributed by atoms with Gasteiger partial charge in [-0.1, -0.05) is 5.21 Å². The Morgan fingerprint density at radius 1 is 1.40 bits per heavy atom. The predicted molar refractivity (Wildman–Crippen MR) is 53.4 cm³/mol. The van der Waals surface area contributed by atoms with Gasteiger partial charge < -0.3 is 0 Å². The number of nitrogens with zero attached hydrogens (tertiary/aromatic N) is 5. The molecule has 0 saturated heterocycles. The highest BCUT2D eigenvalue weighted by atomic mass is 35.5. The third kappa shape index (κ3) is 1.80. The highest BCUT2D eigenvalue weighted by molar-refractivity contribution is 6.16. The number of hydrogen-bond donors (Lipinski definition) is 0. The van der Waals surface area contributed by atoms with E-state index in [4.69, 9.17) is 16.9 Å². The summed E-state index contributed by atoms with van der Waals surface area (Å²) >= 11 is 5.71. The van der Waals surface area contributed by atoms with Crippen molar-refractivity contribution in [3.05, 3.63) is 35.9 Å². The molecule has 0 N–H and O–H groups in total. The van der Waals surface area contributed by atoms with E-state index < -0.39 is 0 Å². The second-order valence-corrected chi connectivity index (χ2v) is 3.05. The van der Waals surface area contributed by atoms with Crippen LogP contribution in [0.1, 0.15) is 11.4 Å². The highest BCUT2D eigenvalue weighted by Gasteiger charge is 2.05. The lowest BCUT2D eigenvalue weighted by atomic mass is 10.3. The molecule has 0 aromatic carbocycles. The van der Waals surface area contributed by atoms with E-state index >= 15 is 0 Å². The molecule has 0 aliphatic heterocycles. The monoisotopic (exact) mass is 219 g/mol. The van der Waals surface area contributed by atoms with Crippen molar-refractivity contribution in [1.82, 2.24) is 20.0 Å². The van der Waals surface area contributed by atoms with Gasteiger partial charge in [-0.05, 0) is 12.1 Å². The van der Waals surface area contributed by atoms with Crippen LogP contribution in [0.15, 0.2) is 24.5 Å². The van der Waals surface area contributed by atoms with E-state index in [0.717, 1.165) is 11.4 Å². The van der Waals surface area contributed by atoms with Crippen molar-refractivity contribution in [3.63, 3.8) is 0 Å². The fourth-order valence-corrected chi connectivity index (χ4v) is 1.32. The lowest BCUT2D eigenvalue weighted by Crippen LogP contribution is -2.01. The summed E-state index contributed by atoms with van der Waals surface area (Å²) in [6.07, 6.45) is 3.15. The highest BCUT2D eigenvalue weighted by Crippen LogP contribution is 2.10. The molecule has 0 aliphatic rings. The van der Waals surface area contributed by atoms with Gasteiger partial charge in [0.25, 0.3) is 0 Å². The number of aromatic nitrogens is 4.